The van der Waals surface area contributed by atoms with Crippen molar-refractivity contribution in [1.29, 1.82) is 0 Å². The van der Waals surface area contributed by atoms with Crippen LogP contribution < -0.4 is 10.3 Å². The van der Waals surface area contributed by atoms with Gasteiger partial charge >= 0.3 is 0 Å². The summed E-state index contributed by atoms with van der Waals surface area (Å²) in [5.74, 6) is 1.33. The van der Waals surface area contributed by atoms with Gasteiger partial charge in [0.1, 0.15) is 11.6 Å². The summed E-state index contributed by atoms with van der Waals surface area (Å²) < 4.78 is 5.34. The van der Waals surface area contributed by atoms with Gasteiger partial charge in [-0.15, -0.1) is 0 Å². The van der Waals surface area contributed by atoms with E-state index >= 15 is 0 Å². The number of hydrogen-bond acceptors (Lipinski definition) is 6. The highest BCUT2D eigenvalue weighted by Gasteiger charge is 2.22. The van der Waals surface area contributed by atoms with Gasteiger partial charge in [0.25, 0.3) is 11.2 Å². The van der Waals surface area contributed by atoms with Gasteiger partial charge < -0.3 is 9.72 Å². The second-order valence-electron chi connectivity index (χ2n) is 6.40. The predicted octanol–water partition coefficient (Wildman–Crippen LogP) is 2.20. The molecule has 2 aromatic rings. The van der Waals surface area contributed by atoms with Crippen molar-refractivity contribution < 1.29 is 9.66 Å². The zero-order valence-corrected chi connectivity index (χ0v) is 14.9. The van der Waals surface area contributed by atoms with Crippen LogP contribution in [0.4, 0.5) is 5.69 Å². The normalized spacial score (nSPS) is 14.1. The summed E-state index contributed by atoms with van der Waals surface area (Å²) in [5.41, 5.74) is 2.28. The molecule has 1 aliphatic heterocycles. The number of nitrogens with one attached hydrogen (secondary N) is 1. The summed E-state index contributed by atoms with van der Waals surface area (Å²) in [6.07, 6.45) is 2.26. The van der Waals surface area contributed by atoms with Crippen LogP contribution in [0.25, 0.3) is 0 Å². The number of H-pyrrole nitrogens is 1. The molecule has 2 heterocycles. The van der Waals surface area contributed by atoms with Crippen molar-refractivity contribution in [3.8, 4) is 5.75 Å². The van der Waals surface area contributed by atoms with Crippen molar-refractivity contribution >= 4 is 5.69 Å². The molecule has 0 saturated heterocycles. The van der Waals surface area contributed by atoms with Gasteiger partial charge in [-0.1, -0.05) is 6.92 Å². The Hall–Kier alpha value is -2.74. The molecule has 0 saturated carbocycles. The number of benzene rings is 1. The van der Waals surface area contributed by atoms with Crippen molar-refractivity contribution in [1.82, 2.24) is 14.9 Å². The molecule has 1 aromatic carbocycles. The summed E-state index contributed by atoms with van der Waals surface area (Å²) in [7, 11) is 1.55. The van der Waals surface area contributed by atoms with Crippen molar-refractivity contribution in [2.75, 3.05) is 13.7 Å². The lowest BCUT2D eigenvalue weighted by atomic mass is 10.0. The van der Waals surface area contributed by atoms with Crippen molar-refractivity contribution in [3.63, 3.8) is 0 Å². The van der Waals surface area contributed by atoms with Gasteiger partial charge in [0, 0.05) is 49.3 Å². The maximum atomic E-state index is 12.2. The van der Waals surface area contributed by atoms with E-state index in [-0.39, 0.29) is 11.2 Å². The highest BCUT2D eigenvalue weighted by molar-refractivity contribution is 5.43. The smallest absolute Gasteiger partial charge is 0.270 e. The van der Waals surface area contributed by atoms with E-state index in [4.69, 9.17) is 4.74 Å². The standard InChI is InChI=1S/C18H22N4O4/c1-3-4-17-19-15-11-21(8-7-14(15)18(23)20-17)10-12-9-13(22(24)25)5-6-16(12)26-2/h5-6,9H,3-4,7-8,10-11H2,1-2H3,(H,19,20,23). The van der Waals surface area contributed by atoms with Gasteiger partial charge in [-0.3, -0.25) is 19.8 Å². The van der Waals surface area contributed by atoms with Gasteiger partial charge in [0.2, 0.25) is 0 Å². The molecule has 3 rings (SSSR count). The number of nitro groups is 1. The third-order valence-electron chi connectivity index (χ3n) is 4.56. The second kappa shape index (κ2) is 7.65. The Bertz CT molecular complexity index is 878. The summed E-state index contributed by atoms with van der Waals surface area (Å²) >= 11 is 0. The minimum Gasteiger partial charge on any atom is -0.496 e. The van der Waals surface area contributed by atoms with Gasteiger partial charge in [-0.05, 0) is 18.9 Å². The highest BCUT2D eigenvalue weighted by Crippen LogP contribution is 2.27. The Labute approximate surface area is 151 Å². The Kier molecular flexibility index (Phi) is 5.32. The largest absolute Gasteiger partial charge is 0.496 e. The Morgan fingerprint density at radius 2 is 2.23 bits per heavy atom. The highest BCUT2D eigenvalue weighted by atomic mass is 16.6. The van der Waals surface area contributed by atoms with E-state index < -0.39 is 4.92 Å². The molecule has 0 bridgehead atoms. The average molecular weight is 358 g/mol. The number of aromatic amines is 1. The molecule has 8 heteroatoms. The average Bonchev–Trinajstić information content (AvgIpc) is 2.61. The molecule has 0 spiro atoms. The number of ether oxygens (including phenoxy) is 1. The van der Waals surface area contributed by atoms with Crippen molar-refractivity contribution in [3.05, 3.63) is 61.3 Å². The molecule has 0 amide bonds. The number of hydrogen-bond donors (Lipinski definition) is 1. The zero-order chi connectivity index (χ0) is 18.7. The number of nitrogens with zero attached hydrogens (tertiary/aromatic N) is 3. The number of non-ortho nitro benzene ring substituents is 1. The van der Waals surface area contributed by atoms with Crippen LogP contribution in [0.2, 0.25) is 0 Å². The van der Waals surface area contributed by atoms with E-state index in [0.717, 1.165) is 29.7 Å². The summed E-state index contributed by atoms with van der Waals surface area (Å²) in [6, 6.07) is 4.60. The van der Waals surface area contributed by atoms with Crippen LogP contribution >= 0.6 is 0 Å². The molecular weight excluding hydrogens is 336 g/mol. The number of fused-ring (bicyclic) bond motifs is 1. The number of methoxy groups -OCH3 is 1. The molecular formula is C18H22N4O4. The van der Waals surface area contributed by atoms with E-state index in [1.54, 1.807) is 19.2 Å². The predicted molar refractivity (Wildman–Crippen MR) is 96.3 cm³/mol. The lowest BCUT2D eigenvalue weighted by Crippen LogP contribution is -2.35. The van der Waals surface area contributed by atoms with E-state index in [0.29, 0.717) is 37.6 Å². The molecule has 1 N–H and O–H groups in total. The number of nitro benzene ring substituents is 1. The molecule has 1 aromatic heterocycles. The first-order valence-corrected chi connectivity index (χ1v) is 8.66. The maximum Gasteiger partial charge on any atom is 0.270 e. The number of aromatic nitrogens is 2. The fourth-order valence-electron chi connectivity index (χ4n) is 3.28. The van der Waals surface area contributed by atoms with E-state index in [1.807, 2.05) is 6.92 Å². The molecule has 138 valence electrons. The lowest BCUT2D eigenvalue weighted by molar-refractivity contribution is -0.385. The topological polar surface area (TPSA) is 101 Å². The van der Waals surface area contributed by atoms with Gasteiger partial charge in [0.05, 0.1) is 17.7 Å². The molecule has 0 unspecified atom stereocenters. The minimum absolute atomic E-state index is 0.0398. The van der Waals surface area contributed by atoms with Crippen LogP contribution in [-0.2, 0) is 25.9 Å². The van der Waals surface area contributed by atoms with Crippen LogP contribution in [0.3, 0.4) is 0 Å². The molecule has 26 heavy (non-hydrogen) atoms. The first-order chi connectivity index (χ1) is 12.5. The number of aryl methyl sites for hydroxylation is 1. The lowest BCUT2D eigenvalue weighted by Gasteiger charge is -2.28. The van der Waals surface area contributed by atoms with Crippen LogP contribution in [-0.4, -0.2) is 33.4 Å². The Morgan fingerprint density at radius 1 is 1.42 bits per heavy atom. The van der Waals surface area contributed by atoms with Crippen LogP contribution in [0, 0.1) is 10.1 Å². The summed E-state index contributed by atoms with van der Waals surface area (Å²) in [6.45, 7) is 3.78. The third kappa shape index (κ3) is 3.75. The minimum atomic E-state index is -0.410. The molecule has 0 fully saturated rings. The second-order valence-corrected chi connectivity index (χ2v) is 6.40. The summed E-state index contributed by atoms with van der Waals surface area (Å²) in [4.78, 5) is 32.5. The van der Waals surface area contributed by atoms with Crippen LogP contribution in [0.5, 0.6) is 5.75 Å². The maximum absolute atomic E-state index is 12.2. The van der Waals surface area contributed by atoms with Gasteiger partial charge in [0.15, 0.2) is 0 Å². The summed E-state index contributed by atoms with van der Waals surface area (Å²) in [5, 5.41) is 11.0. The van der Waals surface area contributed by atoms with Gasteiger partial charge in [-0.25, -0.2) is 4.98 Å². The van der Waals surface area contributed by atoms with Crippen molar-refractivity contribution in [2.45, 2.75) is 39.3 Å². The van der Waals surface area contributed by atoms with E-state index in [1.165, 1.54) is 6.07 Å². The Morgan fingerprint density at radius 3 is 2.92 bits per heavy atom. The SMILES string of the molecule is CCCc1nc2c(c(=O)[nH]1)CCN(Cc1cc([N+](=O)[O-])ccc1OC)C2. The third-order valence-corrected chi connectivity index (χ3v) is 4.56. The van der Waals surface area contributed by atoms with Crippen LogP contribution in [0.1, 0.15) is 36.0 Å². The number of rotatable bonds is 6. The fourth-order valence-corrected chi connectivity index (χ4v) is 3.28. The molecule has 1 aliphatic rings. The van der Waals surface area contributed by atoms with E-state index in [2.05, 4.69) is 14.9 Å². The monoisotopic (exact) mass is 358 g/mol. The van der Waals surface area contributed by atoms with Crippen molar-refractivity contribution in [2.24, 2.45) is 0 Å². The quantitative estimate of drug-likeness (QED) is 0.627. The first-order valence-electron chi connectivity index (χ1n) is 8.66. The molecule has 0 radical (unpaired) electrons. The molecule has 0 atom stereocenters. The molecule has 8 nitrogen and oxygen atoms in total. The van der Waals surface area contributed by atoms with Crippen LogP contribution in [0.15, 0.2) is 23.0 Å². The molecule has 0 aliphatic carbocycles. The zero-order valence-electron chi connectivity index (χ0n) is 14.9. The van der Waals surface area contributed by atoms with E-state index in [9.17, 15) is 14.9 Å². The Balaban J connectivity index is 1.84. The van der Waals surface area contributed by atoms with Gasteiger partial charge in [-0.2, -0.15) is 0 Å². The fraction of sp³-hybridized carbons (Fsp3) is 0.444. The first kappa shape index (κ1) is 18.1.